The smallest absolute Gasteiger partial charge is 0.417 e. The van der Waals surface area contributed by atoms with Crippen LogP contribution in [0.2, 0.25) is 0 Å². The molecule has 8 nitrogen and oxygen atoms in total. The third-order valence-electron chi connectivity index (χ3n) is 2.86. The molecule has 0 aromatic heterocycles. The highest BCUT2D eigenvalue weighted by Crippen LogP contribution is 2.03. The van der Waals surface area contributed by atoms with Crippen LogP contribution in [-0.2, 0) is 38.1 Å². The van der Waals surface area contributed by atoms with E-state index in [0.717, 1.165) is 0 Å². The quantitative estimate of drug-likeness (QED) is 0.247. The van der Waals surface area contributed by atoms with Gasteiger partial charge in [0.05, 0.1) is 26.4 Å². The van der Waals surface area contributed by atoms with Crippen molar-refractivity contribution in [3.63, 3.8) is 0 Å². The number of hydrogen-bond acceptors (Lipinski definition) is 8. The molecule has 26 heavy (non-hydrogen) atoms. The summed E-state index contributed by atoms with van der Waals surface area (Å²) in [7, 11) is 0. The molecular weight excluding hydrogens is 344 g/mol. The fourth-order valence-electron chi connectivity index (χ4n) is 1.33. The van der Waals surface area contributed by atoms with Gasteiger partial charge in [0.25, 0.3) is 0 Å². The van der Waals surface area contributed by atoms with Gasteiger partial charge in [-0.1, -0.05) is 27.0 Å². The van der Waals surface area contributed by atoms with Crippen LogP contribution in [0.15, 0.2) is 24.3 Å². The Bertz CT molecular complexity index is 514. The number of carbonyl (C=O) groups excluding carboxylic acids is 4. The molecule has 0 aliphatic carbocycles. The molecule has 2 atom stereocenters. The average molecular weight is 370 g/mol. The molecule has 0 saturated heterocycles. The van der Waals surface area contributed by atoms with Gasteiger partial charge in [0.1, 0.15) is 0 Å². The standard InChI is InChI=1S/C18H26O8/c1-11(2)15(19)23-7-13(5)9-25-17(21)18(22)26-10-14(6)8-24-16(20)12(3)4/h13-14H,1,3,7-10H2,2,4-6H3. The Morgan fingerprint density at radius 2 is 0.846 bits per heavy atom. The zero-order chi connectivity index (χ0) is 20.3. The largest absolute Gasteiger partial charge is 0.462 e. The maximum Gasteiger partial charge on any atom is 0.417 e. The topological polar surface area (TPSA) is 105 Å². The summed E-state index contributed by atoms with van der Waals surface area (Å²) in [5.74, 6) is -3.96. The average Bonchev–Trinajstić information content (AvgIpc) is 2.59. The van der Waals surface area contributed by atoms with E-state index in [1.165, 1.54) is 13.8 Å². The molecule has 0 fully saturated rings. The van der Waals surface area contributed by atoms with Crippen molar-refractivity contribution in [2.45, 2.75) is 27.7 Å². The maximum absolute atomic E-state index is 11.5. The number of ether oxygens (including phenoxy) is 4. The highest BCUT2D eigenvalue weighted by molar-refractivity contribution is 6.29. The molecule has 0 aromatic rings. The molecule has 0 aliphatic rings. The molecule has 0 bridgehead atoms. The third-order valence-corrected chi connectivity index (χ3v) is 2.86. The van der Waals surface area contributed by atoms with Gasteiger partial charge in [-0.25, -0.2) is 19.2 Å². The highest BCUT2D eigenvalue weighted by atomic mass is 16.6. The van der Waals surface area contributed by atoms with E-state index in [1.807, 2.05) is 0 Å². The minimum absolute atomic E-state index is 0.0269. The van der Waals surface area contributed by atoms with Crippen LogP contribution in [0.4, 0.5) is 0 Å². The van der Waals surface area contributed by atoms with Crippen LogP contribution >= 0.6 is 0 Å². The Morgan fingerprint density at radius 3 is 1.08 bits per heavy atom. The van der Waals surface area contributed by atoms with Gasteiger partial charge in [0, 0.05) is 23.0 Å². The van der Waals surface area contributed by atoms with E-state index < -0.39 is 23.9 Å². The SMILES string of the molecule is C=C(C)C(=O)OCC(C)COC(=O)C(=O)OCC(C)COC(=O)C(=C)C. The molecule has 0 aliphatic heterocycles. The van der Waals surface area contributed by atoms with Crippen LogP contribution in [0.1, 0.15) is 27.7 Å². The Morgan fingerprint density at radius 1 is 0.615 bits per heavy atom. The summed E-state index contributed by atoms with van der Waals surface area (Å²) < 4.78 is 19.4. The van der Waals surface area contributed by atoms with E-state index in [2.05, 4.69) is 13.2 Å². The van der Waals surface area contributed by atoms with E-state index >= 15 is 0 Å². The van der Waals surface area contributed by atoms with Crippen molar-refractivity contribution >= 4 is 23.9 Å². The third kappa shape index (κ3) is 10.3. The van der Waals surface area contributed by atoms with E-state index in [1.54, 1.807) is 13.8 Å². The van der Waals surface area contributed by atoms with Crippen LogP contribution in [0.5, 0.6) is 0 Å². The van der Waals surface area contributed by atoms with Gasteiger partial charge < -0.3 is 18.9 Å². The van der Waals surface area contributed by atoms with Gasteiger partial charge in [-0.05, 0) is 13.8 Å². The lowest BCUT2D eigenvalue weighted by Gasteiger charge is -2.14. The highest BCUT2D eigenvalue weighted by Gasteiger charge is 2.20. The van der Waals surface area contributed by atoms with Crippen LogP contribution in [0.3, 0.4) is 0 Å². The van der Waals surface area contributed by atoms with Crippen molar-refractivity contribution in [1.82, 2.24) is 0 Å². The predicted molar refractivity (Wildman–Crippen MR) is 91.8 cm³/mol. The first-order chi connectivity index (χ1) is 12.0. The van der Waals surface area contributed by atoms with Crippen LogP contribution < -0.4 is 0 Å². The Balaban J connectivity index is 4.03. The van der Waals surface area contributed by atoms with E-state index in [0.29, 0.717) is 0 Å². The molecule has 0 radical (unpaired) electrons. The molecule has 0 N–H and O–H groups in total. The first kappa shape index (κ1) is 23.4. The van der Waals surface area contributed by atoms with Crippen molar-refractivity contribution < 1.29 is 38.1 Å². The normalized spacial score (nSPS) is 12.3. The van der Waals surface area contributed by atoms with Gasteiger partial charge in [0.2, 0.25) is 0 Å². The summed E-state index contributed by atoms with van der Waals surface area (Å²) >= 11 is 0. The minimum Gasteiger partial charge on any atom is -0.462 e. The second-order valence-corrected chi connectivity index (χ2v) is 6.16. The molecule has 0 amide bonds. The van der Waals surface area contributed by atoms with Crippen LogP contribution in [-0.4, -0.2) is 50.3 Å². The summed E-state index contributed by atoms with van der Waals surface area (Å²) in [4.78, 5) is 45.6. The Labute approximate surface area is 153 Å². The molecule has 0 heterocycles. The predicted octanol–water partition coefficient (Wildman–Crippen LogP) is 1.58. The number of rotatable bonds is 10. The van der Waals surface area contributed by atoms with Crippen LogP contribution in [0, 0.1) is 11.8 Å². The van der Waals surface area contributed by atoms with Crippen molar-refractivity contribution in [3.05, 3.63) is 24.3 Å². The lowest BCUT2D eigenvalue weighted by Crippen LogP contribution is -2.27. The number of esters is 4. The summed E-state index contributed by atoms with van der Waals surface area (Å²) in [6, 6.07) is 0. The monoisotopic (exact) mass is 370 g/mol. The Kier molecular flexibility index (Phi) is 10.6. The molecule has 0 rings (SSSR count). The number of hydrogen-bond donors (Lipinski definition) is 0. The van der Waals surface area contributed by atoms with Gasteiger partial charge in [-0.3, -0.25) is 0 Å². The molecule has 146 valence electrons. The van der Waals surface area contributed by atoms with E-state index in [9.17, 15) is 19.2 Å². The zero-order valence-electron chi connectivity index (χ0n) is 15.7. The van der Waals surface area contributed by atoms with E-state index in [4.69, 9.17) is 18.9 Å². The van der Waals surface area contributed by atoms with Crippen molar-refractivity contribution in [2.24, 2.45) is 11.8 Å². The van der Waals surface area contributed by atoms with E-state index in [-0.39, 0.29) is 49.4 Å². The molecule has 0 aromatic carbocycles. The van der Waals surface area contributed by atoms with Gasteiger partial charge in [0.15, 0.2) is 0 Å². The summed E-state index contributed by atoms with van der Waals surface area (Å²) in [6.45, 7) is 13.1. The van der Waals surface area contributed by atoms with Crippen molar-refractivity contribution in [1.29, 1.82) is 0 Å². The lowest BCUT2D eigenvalue weighted by molar-refractivity contribution is -0.170. The second-order valence-electron chi connectivity index (χ2n) is 6.16. The number of carbonyl (C=O) groups is 4. The first-order valence-corrected chi connectivity index (χ1v) is 8.03. The maximum atomic E-state index is 11.5. The molecule has 0 spiro atoms. The molecule has 8 heteroatoms. The second kappa shape index (κ2) is 11.8. The van der Waals surface area contributed by atoms with Gasteiger partial charge >= 0.3 is 23.9 Å². The first-order valence-electron chi connectivity index (χ1n) is 8.03. The summed E-state index contributed by atoms with van der Waals surface area (Å²) in [5, 5.41) is 0. The molecule has 0 saturated carbocycles. The minimum atomic E-state index is -1.14. The fourth-order valence-corrected chi connectivity index (χ4v) is 1.33. The summed E-state index contributed by atoms with van der Waals surface area (Å²) in [5.41, 5.74) is 0.529. The Hall–Kier alpha value is -2.64. The molecular formula is C18H26O8. The lowest BCUT2D eigenvalue weighted by atomic mass is 10.2. The van der Waals surface area contributed by atoms with Crippen molar-refractivity contribution in [3.8, 4) is 0 Å². The molecule has 2 unspecified atom stereocenters. The summed E-state index contributed by atoms with van der Waals surface area (Å²) in [6.07, 6.45) is 0. The fraction of sp³-hybridized carbons (Fsp3) is 0.556. The van der Waals surface area contributed by atoms with Crippen LogP contribution in [0.25, 0.3) is 0 Å². The van der Waals surface area contributed by atoms with Crippen molar-refractivity contribution in [2.75, 3.05) is 26.4 Å². The zero-order valence-corrected chi connectivity index (χ0v) is 15.7. The van der Waals surface area contributed by atoms with Gasteiger partial charge in [-0.2, -0.15) is 0 Å². The van der Waals surface area contributed by atoms with Gasteiger partial charge in [-0.15, -0.1) is 0 Å².